The van der Waals surface area contributed by atoms with Gasteiger partial charge in [0.15, 0.2) is 0 Å². The van der Waals surface area contributed by atoms with Crippen LogP contribution in [-0.4, -0.2) is 39.5 Å². The lowest BCUT2D eigenvalue weighted by molar-refractivity contribution is 0.0356. The molecule has 31 heavy (non-hydrogen) atoms. The number of rotatable bonds is 13. The van der Waals surface area contributed by atoms with Gasteiger partial charge in [-0.2, -0.15) is 0 Å². The zero-order valence-corrected chi connectivity index (χ0v) is 18.5. The Kier molecular flexibility index (Phi) is 9.58. The first kappa shape index (κ1) is 23.0. The first-order chi connectivity index (χ1) is 15.3. The highest BCUT2D eigenvalue weighted by atomic mass is 16.5. The first-order valence-electron chi connectivity index (χ1n) is 10.9. The zero-order valence-electron chi connectivity index (χ0n) is 18.5. The molecular weight excluding hydrogens is 386 g/mol. The number of methoxy groups -OCH3 is 1. The lowest BCUT2D eigenvalue weighted by atomic mass is 10.0. The standard InChI is InChI=1S/C27H33NO3/c1-22(21-23-9-5-3-6-10-23)28-17-18-30-26-15-13-25(14-16-26)27(31-20-19-29-2)24-11-7-4-8-12-24/h3-16,22,27-28H,17-21H2,1-2H3. The van der Waals surface area contributed by atoms with Gasteiger partial charge in [-0.1, -0.05) is 72.8 Å². The molecule has 1 N–H and O–H groups in total. The Hall–Kier alpha value is -2.66. The Balaban J connectivity index is 1.48. The fourth-order valence-corrected chi connectivity index (χ4v) is 3.51. The molecule has 0 amide bonds. The molecular formula is C27H33NO3. The molecule has 3 rings (SSSR count). The Morgan fingerprint density at radius 3 is 2.06 bits per heavy atom. The van der Waals surface area contributed by atoms with Gasteiger partial charge < -0.3 is 19.5 Å². The van der Waals surface area contributed by atoms with Crippen LogP contribution in [0.1, 0.15) is 29.7 Å². The second-order valence-electron chi connectivity index (χ2n) is 7.62. The van der Waals surface area contributed by atoms with E-state index in [1.165, 1.54) is 5.56 Å². The van der Waals surface area contributed by atoms with Crippen molar-refractivity contribution >= 4 is 0 Å². The summed E-state index contributed by atoms with van der Waals surface area (Å²) in [6.07, 6.45) is 0.894. The van der Waals surface area contributed by atoms with E-state index in [0.717, 1.165) is 29.8 Å². The molecule has 0 fully saturated rings. The molecule has 4 heteroatoms. The van der Waals surface area contributed by atoms with Crippen LogP contribution in [-0.2, 0) is 15.9 Å². The van der Waals surface area contributed by atoms with Gasteiger partial charge in [-0.25, -0.2) is 0 Å². The minimum atomic E-state index is -0.120. The van der Waals surface area contributed by atoms with Crippen molar-refractivity contribution in [1.82, 2.24) is 5.32 Å². The largest absolute Gasteiger partial charge is 0.492 e. The lowest BCUT2D eigenvalue weighted by Crippen LogP contribution is -2.31. The van der Waals surface area contributed by atoms with Crippen molar-refractivity contribution in [1.29, 1.82) is 0 Å². The van der Waals surface area contributed by atoms with Crippen LogP contribution >= 0.6 is 0 Å². The molecule has 0 spiro atoms. The molecule has 4 nitrogen and oxygen atoms in total. The molecule has 2 unspecified atom stereocenters. The smallest absolute Gasteiger partial charge is 0.119 e. The van der Waals surface area contributed by atoms with Gasteiger partial charge in [-0.15, -0.1) is 0 Å². The van der Waals surface area contributed by atoms with E-state index in [-0.39, 0.29) is 6.10 Å². The Bertz CT molecular complexity index is 853. The number of hydrogen-bond acceptors (Lipinski definition) is 4. The summed E-state index contributed by atoms with van der Waals surface area (Å²) in [7, 11) is 1.68. The van der Waals surface area contributed by atoms with E-state index in [9.17, 15) is 0 Å². The van der Waals surface area contributed by atoms with Gasteiger partial charge in [-0.3, -0.25) is 0 Å². The highest BCUT2D eigenvalue weighted by molar-refractivity contribution is 5.34. The maximum absolute atomic E-state index is 6.09. The van der Waals surface area contributed by atoms with Crippen molar-refractivity contribution in [2.45, 2.75) is 25.5 Å². The van der Waals surface area contributed by atoms with E-state index in [0.29, 0.717) is 25.9 Å². The quantitative estimate of drug-likeness (QED) is 0.394. The Morgan fingerprint density at radius 1 is 0.742 bits per heavy atom. The van der Waals surface area contributed by atoms with Crippen LogP contribution < -0.4 is 10.1 Å². The van der Waals surface area contributed by atoms with Crippen LogP contribution in [0.2, 0.25) is 0 Å². The lowest BCUT2D eigenvalue weighted by Gasteiger charge is -2.19. The van der Waals surface area contributed by atoms with Crippen molar-refractivity contribution in [2.75, 3.05) is 33.5 Å². The van der Waals surface area contributed by atoms with E-state index in [1.54, 1.807) is 7.11 Å². The monoisotopic (exact) mass is 419 g/mol. The molecule has 3 aromatic rings. The van der Waals surface area contributed by atoms with Crippen molar-refractivity contribution in [3.05, 3.63) is 102 Å². The summed E-state index contributed by atoms with van der Waals surface area (Å²) in [6.45, 7) is 4.75. The van der Waals surface area contributed by atoms with Gasteiger partial charge in [0.1, 0.15) is 18.5 Å². The second-order valence-corrected chi connectivity index (χ2v) is 7.62. The molecule has 0 aliphatic carbocycles. The predicted molar refractivity (Wildman–Crippen MR) is 126 cm³/mol. The molecule has 2 atom stereocenters. The molecule has 164 valence electrons. The maximum Gasteiger partial charge on any atom is 0.119 e. The Labute approximate surface area is 186 Å². The summed E-state index contributed by atoms with van der Waals surface area (Å²) < 4.78 is 17.2. The number of hydrogen-bond donors (Lipinski definition) is 1. The minimum absolute atomic E-state index is 0.120. The normalized spacial score (nSPS) is 13.0. The van der Waals surface area contributed by atoms with Crippen LogP contribution in [0.15, 0.2) is 84.9 Å². The Morgan fingerprint density at radius 2 is 1.39 bits per heavy atom. The molecule has 0 saturated heterocycles. The first-order valence-corrected chi connectivity index (χ1v) is 10.9. The minimum Gasteiger partial charge on any atom is -0.492 e. The second kappa shape index (κ2) is 12.9. The molecule has 3 aromatic carbocycles. The van der Waals surface area contributed by atoms with Crippen molar-refractivity contribution in [2.24, 2.45) is 0 Å². The topological polar surface area (TPSA) is 39.7 Å². The van der Waals surface area contributed by atoms with E-state index in [1.807, 2.05) is 30.3 Å². The number of ether oxygens (including phenoxy) is 3. The van der Waals surface area contributed by atoms with E-state index >= 15 is 0 Å². The fraction of sp³-hybridized carbons (Fsp3) is 0.333. The van der Waals surface area contributed by atoms with Crippen molar-refractivity contribution in [3.63, 3.8) is 0 Å². The van der Waals surface area contributed by atoms with Gasteiger partial charge in [0.25, 0.3) is 0 Å². The van der Waals surface area contributed by atoms with Crippen LogP contribution in [0.4, 0.5) is 0 Å². The van der Waals surface area contributed by atoms with Crippen LogP contribution in [0.3, 0.4) is 0 Å². The summed E-state index contributed by atoms with van der Waals surface area (Å²) in [4.78, 5) is 0. The number of benzene rings is 3. The zero-order chi connectivity index (χ0) is 21.7. The SMILES string of the molecule is COCCOC(c1ccccc1)c1ccc(OCCNC(C)Cc2ccccc2)cc1. The molecule has 0 heterocycles. The molecule has 0 radical (unpaired) electrons. The van der Waals surface area contributed by atoms with Crippen molar-refractivity contribution < 1.29 is 14.2 Å². The third-order valence-electron chi connectivity index (χ3n) is 5.11. The summed E-state index contributed by atoms with van der Waals surface area (Å²) in [5.41, 5.74) is 3.58. The summed E-state index contributed by atoms with van der Waals surface area (Å²) in [5, 5.41) is 3.52. The summed E-state index contributed by atoms with van der Waals surface area (Å²) in [5.74, 6) is 0.866. The van der Waals surface area contributed by atoms with Gasteiger partial charge in [0.2, 0.25) is 0 Å². The average molecular weight is 420 g/mol. The third-order valence-corrected chi connectivity index (χ3v) is 5.11. The highest BCUT2D eigenvalue weighted by Gasteiger charge is 2.14. The molecule has 0 saturated carbocycles. The highest BCUT2D eigenvalue weighted by Crippen LogP contribution is 2.27. The van der Waals surface area contributed by atoms with Crippen molar-refractivity contribution in [3.8, 4) is 5.75 Å². The fourth-order valence-electron chi connectivity index (χ4n) is 3.51. The summed E-state index contributed by atoms with van der Waals surface area (Å²) >= 11 is 0. The van der Waals surface area contributed by atoms with Gasteiger partial charge in [-0.05, 0) is 42.2 Å². The van der Waals surface area contributed by atoms with Gasteiger partial charge in [0.05, 0.1) is 13.2 Å². The van der Waals surface area contributed by atoms with E-state index in [2.05, 4.69) is 66.8 Å². The molecule has 0 aliphatic heterocycles. The molecule has 0 aliphatic rings. The summed E-state index contributed by atoms with van der Waals surface area (Å²) in [6, 6.07) is 29.4. The molecule has 0 bridgehead atoms. The van der Waals surface area contributed by atoms with E-state index < -0.39 is 0 Å². The van der Waals surface area contributed by atoms with Crippen LogP contribution in [0.5, 0.6) is 5.75 Å². The maximum atomic E-state index is 6.09. The van der Waals surface area contributed by atoms with Gasteiger partial charge in [0, 0.05) is 19.7 Å². The number of nitrogens with one attached hydrogen (secondary N) is 1. The molecule has 0 aromatic heterocycles. The predicted octanol–water partition coefficient (Wildman–Crippen LogP) is 5.04. The average Bonchev–Trinajstić information content (AvgIpc) is 2.81. The van der Waals surface area contributed by atoms with E-state index in [4.69, 9.17) is 14.2 Å². The van der Waals surface area contributed by atoms with Crippen LogP contribution in [0, 0.1) is 0 Å². The third kappa shape index (κ3) is 7.83. The van der Waals surface area contributed by atoms with Gasteiger partial charge >= 0.3 is 0 Å². The van der Waals surface area contributed by atoms with Crippen LogP contribution in [0.25, 0.3) is 0 Å².